The van der Waals surface area contributed by atoms with Crippen molar-refractivity contribution in [2.45, 2.75) is 49.8 Å². The molecule has 1 aliphatic heterocycles. The average Bonchev–Trinajstić information content (AvgIpc) is 2.55. The fraction of sp³-hybridized carbons (Fsp3) is 0.812. The van der Waals surface area contributed by atoms with E-state index in [2.05, 4.69) is 28.8 Å². The Labute approximate surface area is 137 Å². The van der Waals surface area contributed by atoms with Gasteiger partial charge < -0.3 is 4.90 Å². The maximum absolute atomic E-state index is 12.6. The predicted molar refractivity (Wildman–Crippen MR) is 87.1 cm³/mol. The van der Waals surface area contributed by atoms with Gasteiger partial charge in [-0.25, -0.2) is 0 Å². The van der Waals surface area contributed by atoms with Crippen molar-refractivity contribution < 1.29 is 4.79 Å². The van der Waals surface area contributed by atoms with Gasteiger partial charge in [-0.1, -0.05) is 12.8 Å². The summed E-state index contributed by atoms with van der Waals surface area (Å²) in [6.45, 7) is 2.29. The number of nitrogens with zero attached hydrogens (tertiary/aromatic N) is 4. The molecule has 1 amide bonds. The van der Waals surface area contributed by atoms with E-state index in [0.717, 1.165) is 12.3 Å². The Bertz CT molecular complexity index is 436. The van der Waals surface area contributed by atoms with Gasteiger partial charge in [0.2, 0.25) is 5.91 Å². The molecule has 0 bridgehead atoms. The summed E-state index contributed by atoms with van der Waals surface area (Å²) in [7, 11) is 0. The summed E-state index contributed by atoms with van der Waals surface area (Å²) in [6.07, 6.45) is 5.71. The number of thioether (sulfide) groups is 1. The van der Waals surface area contributed by atoms with E-state index in [4.69, 9.17) is 10.5 Å². The molecule has 0 spiro atoms. The monoisotopic (exact) mass is 320 g/mol. The SMILES string of the molecule is N#CCCN(CCC#N)C(=O)CN1CCS[C@H]2CCCC[C@@H]21. The zero-order valence-electron chi connectivity index (χ0n) is 13.0. The highest BCUT2D eigenvalue weighted by Gasteiger charge is 2.35. The zero-order chi connectivity index (χ0) is 15.8. The fourth-order valence-electron chi connectivity index (χ4n) is 3.38. The normalized spacial score (nSPS) is 24.8. The van der Waals surface area contributed by atoms with E-state index in [1.165, 1.54) is 25.7 Å². The largest absolute Gasteiger partial charge is 0.340 e. The Morgan fingerprint density at radius 1 is 1.18 bits per heavy atom. The quantitative estimate of drug-likeness (QED) is 0.748. The van der Waals surface area contributed by atoms with Gasteiger partial charge in [0.25, 0.3) is 0 Å². The first-order chi connectivity index (χ1) is 10.8. The molecule has 1 heterocycles. The summed E-state index contributed by atoms with van der Waals surface area (Å²) in [5, 5.41) is 18.1. The van der Waals surface area contributed by atoms with Crippen LogP contribution in [0.4, 0.5) is 0 Å². The molecule has 2 rings (SSSR count). The number of hydrogen-bond donors (Lipinski definition) is 0. The lowest BCUT2D eigenvalue weighted by Crippen LogP contribution is -2.52. The predicted octanol–water partition coefficient (Wildman–Crippen LogP) is 2.00. The molecule has 0 aromatic rings. The van der Waals surface area contributed by atoms with Crippen LogP contribution in [0.25, 0.3) is 0 Å². The second kappa shape index (κ2) is 9.02. The zero-order valence-corrected chi connectivity index (χ0v) is 13.9. The first kappa shape index (κ1) is 17.1. The molecule has 120 valence electrons. The number of nitriles is 2. The van der Waals surface area contributed by atoms with Crippen LogP contribution in [0, 0.1) is 22.7 Å². The van der Waals surface area contributed by atoms with Crippen LogP contribution in [0.1, 0.15) is 38.5 Å². The third kappa shape index (κ3) is 4.63. The van der Waals surface area contributed by atoms with Crippen molar-refractivity contribution >= 4 is 17.7 Å². The van der Waals surface area contributed by atoms with Crippen LogP contribution in [0.5, 0.6) is 0 Å². The van der Waals surface area contributed by atoms with E-state index in [1.54, 1.807) is 4.90 Å². The van der Waals surface area contributed by atoms with E-state index >= 15 is 0 Å². The molecule has 2 atom stereocenters. The number of amides is 1. The molecule has 0 aromatic heterocycles. The number of fused-ring (bicyclic) bond motifs is 1. The highest BCUT2D eigenvalue weighted by Crippen LogP contribution is 2.35. The summed E-state index contributed by atoms with van der Waals surface area (Å²) in [5.74, 6) is 1.17. The minimum Gasteiger partial charge on any atom is -0.340 e. The van der Waals surface area contributed by atoms with Crippen LogP contribution < -0.4 is 0 Å². The lowest BCUT2D eigenvalue weighted by atomic mass is 9.93. The Balaban J connectivity index is 1.92. The molecule has 0 radical (unpaired) electrons. The van der Waals surface area contributed by atoms with Crippen LogP contribution in [0.3, 0.4) is 0 Å². The van der Waals surface area contributed by atoms with Gasteiger partial charge in [0, 0.05) is 36.7 Å². The average molecular weight is 320 g/mol. The summed E-state index contributed by atoms with van der Waals surface area (Å²) < 4.78 is 0. The topological polar surface area (TPSA) is 71.1 Å². The standard InChI is InChI=1S/C16H24N4OS/c17-7-3-9-19(10-4-8-18)16(21)13-20-11-12-22-15-6-2-1-5-14(15)20/h14-15H,1-6,9-13H2/t14-,15-/m0/s1. The second-order valence-electron chi connectivity index (χ2n) is 5.93. The van der Waals surface area contributed by atoms with Gasteiger partial charge in [-0.05, 0) is 12.8 Å². The van der Waals surface area contributed by atoms with Gasteiger partial charge in [0.1, 0.15) is 0 Å². The number of rotatable bonds is 6. The molecule has 2 aliphatic rings. The highest BCUT2D eigenvalue weighted by atomic mass is 32.2. The fourth-order valence-corrected chi connectivity index (χ4v) is 4.88. The molecule has 1 saturated heterocycles. The number of hydrogen-bond acceptors (Lipinski definition) is 5. The van der Waals surface area contributed by atoms with Crippen molar-refractivity contribution in [1.82, 2.24) is 9.80 Å². The van der Waals surface area contributed by atoms with Gasteiger partial charge in [-0.3, -0.25) is 9.69 Å². The molecule has 6 heteroatoms. The number of carbonyl (C=O) groups excluding carboxylic acids is 1. The van der Waals surface area contributed by atoms with E-state index in [9.17, 15) is 4.79 Å². The molecule has 1 saturated carbocycles. The Kier molecular flexibility index (Phi) is 7.02. The number of carbonyl (C=O) groups is 1. The first-order valence-electron chi connectivity index (χ1n) is 8.13. The molecule has 0 aromatic carbocycles. The van der Waals surface area contributed by atoms with Crippen LogP contribution in [-0.2, 0) is 4.79 Å². The molecule has 1 aliphatic carbocycles. The van der Waals surface area contributed by atoms with Crippen LogP contribution >= 0.6 is 11.8 Å². The summed E-state index contributed by atoms with van der Waals surface area (Å²) in [5.41, 5.74) is 0. The van der Waals surface area contributed by atoms with Crippen LogP contribution in [-0.4, -0.2) is 58.9 Å². The van der Waals surface area contributed by atoms with E-state index < -0.39 is 0 Å². The van der Waals surface area contributed by atoms with Crippen molar-refractivity contribution in [3.8, 4) is 12.1 Å². The van der Waals surface area contributed by atoms with Crippen molar-refractivity contribution in [2.75, 3.05) is 31.9 Å². The first-order valence-corrected chi connectivity index (χ1v) is 9.18. The molecule has 0 unspecified atom stereocenters. The van der Waals surface area contributed by atoms with Crippen LogP contribution in [0.15, 0.2) is 0 Å². The molecular weight excluding hydrogens is 296 g/mol. The van der Waals surface area contributed by atoms with Gasteiger partial charge in [0.15, 0.2) is 0 Å². The van der Waals surface area contributed by atoms with Crippen molar-refractivity contribution in [2.24, 2.45) is 0 Å². The maximum atomic E-state index is 12.6. The lowest BCUT2D eigenvalue weighted by Gasteiger charge is -2.43. The molecule has 5 nitrogen and oxygen atoms in total. The van der Waals surface area contributed by atoms with E-state index in [1.807, 2.05) is 0 Å². The Morgan fingerprint density at radius 2 is 1.86 bits per heavy atom. The lowest BCUT2D eigenvalue weighted by molar-refractivity contribution is -0.133. The second-order valence-corrected chi connectivity index (χ2v) is 7.28. The summed E-state index contributed by atoms with van der Waals surface area (Å²) in [6, 6.07) is 4.70. The van der Waals surface area contributed by atoms with Crippen LogP contribution in [0.2, 0.25) is 0 Å². The molecule has 22 heavy (non-hydrogen) atoms. The van der Waals surface area contributed by atoms with Crippen molar-refractivity contribution in [3.05, 3.63) is 0 Å². The third-order valence-corrected chi connectivity index (χ3v) is 5.92. The summed E-state index contributed by atoms with van der Waals surface area (Å²) in [4.78, 5) is 16.6. The molecule has 2 fully saturated rings. The Hall–Kier alpha value is -1.24. The molecule has 0 N–H and O–H groups in total. The summed E-state index contributed by atoms with van der Waals surface area (Å²) >= 11 is 2.06. The third-order valence-electron chi connectivity index (χ3n) is 4.53. The minimum absolute atomic E-state index is 0.0710. The van der Waals surface area contributed by atoms with Crippen molar-refractivity contribution in [3.63, 3.8) is 0 Å². The maximum Gasteiger partial charge on any atom is 0.236 e. The highest BCUT2D eigenvalue weighted by molar-refractivity contribution is 8.00. The van der Waals surface area contributed by atoms with Gasteiger partial charge in [-0.2, -0.15) is 22.3 Å². The Morgan fingerprint density at radius 3 is 2.55 bits per heavy atom. The van der Waals surface area contributed by atoms with E-state index in [0.29, 0.717) is 43.8 Å². The smallest absolute Gasteiger partial charge is 0.236 e. The molecular formula is C16H24N4OS. The van der Waals surface area contributed by atoms with E-state index in [-0.39, 0.29) is 5.91 Å². The van der Waals surface area contributed by atoms with Crippen molar-refractivity contribution in [1.29, 1.82) is 10.5 Å². The minimum atomic E-state index is 0.0710. The van der Waals surface area contributed by atoms with Gasteiger partial charge in [0.05, 0.1) is 31.5 Å². The van der Waals surface area contributed by atoms with Gasteiger partial charge >= 0.3 is 0 Å². The van der Waals surface area contributed by atoms with Gasteiger partial charge in [-0.15, -0.1) is 0 Å².